The third-order valence-electron chi connectivity index (χ3n) is 5.80. The van der Waals surface area contributed by atoms with Crippen molar-refractivity contribution in [1.82, 2.24) is 9.88 Å². The largest absolute Gasteiger partial charge is 0.416 e. The van der Waals surface area contributed by atoms with Gasteiger partial charge in [-0.3, -0.25) is 4.79 Å². The highest BCUT2D eigenvalue weighted by atomic mass is 19.4. The number of anilines is 1. The van der Waals surface area contributed by atoms with E-state index in [1.165, 1.54) is 18.3 Å². The van der Waals surface area contributed by atoms with E-state index in [0.717, 1.165) is 18.2 Å². The van der Waals surface area contributed by atoms with Crippen molar-refractivity contribution in [2.24, 2.45) is 0 Å². The Balaban J connectivity index is 1.82. The van der Waals surface area contributed by atoms with E-state index in [-0.39, 0.29) is 29.6 Å². The van der Waals surface area contributed by atoms with E-state index in [1.54, 1.807) is 10.6 Å². The summed E-state index contributed by atoms with van der Waals surface area (Å²) in [7, 11) is 0. The first kappa shape index (κ1) is 22.8. The van der Waals surface area contributed by atoms with Gasteiger partial charge in [0, 0.05) is 37.9 Å². The Morgan fingerprint density at radius 2 is 1.76 bits per heavy atom. The Morgan fingerprint density at radius 3 is 2.33 bits per heavy atom. The molecule has 33 heavy (non-hydrogen) atoms. The summed E-state index contributed by atoms with van der Waals surface area (Å²) in [4.78, 5) is 14.6. The van der Waals surface area contributed by atoms with Crippen LogP contribution >= 0.6 is 0 Å². The number of aromatic nitrogens is 1. The van der Waals surface area contributed by atoms with E-state index in [2.05, 4.69) is 5.32 Å². The van der Waals surface area contributed by atoms with Gasteiger partial charge in [0.15, 0.2) is 0 Å². The molecule has 2 aromatic carbocycles. The normalized spacial score (nSPS) is 19.0. The first-order chi connectivity index (χ1) is 15.6. The minimum Gasteiger partial charge on any atom is -0.366 e. The molecule has 1 fully saturated rings. The molecule has 5 nitrogen and oxygen atoms in total. The first-order valence-electron chi connectivity index (χ1n) is 10.5. The number of nitrogens with one attached hydrogen (secondary N) is 1. The number of rotatable bonds is 3. The third-order valence-corrected chi connectivity index (χ3v) is 5.80. The summed E-state index contributed by atoms with van der Waals surface area (Å²) in [6.07, 6.45) is -3.08. The fourth-order valence-electron chi connectivity index (χ4n) is 4.37. The Hall–Kier alpha value is -3.38. The van der Waals surface area contributed by atoms with Crippen LogP contribution in [0.25, 0.3) is 10.9 Å². The van der Waals surface area contributed by atoms with Crippen molar-refractivity contribution in [3.05, 3.63) is 75.3 Å². The second-order valence-corrected chi connectivity index (χ2v) is 8.50. The van der Waals surface area contributed by atoms with Crippen molar-refractivity contribution >= 4 is 16.6 Å². The fourth-order valence-corrected chi connectivity index (χ4v) is 4.37. The summed E-state index contributed by atoms with van der Waals surface area (Å²) in [6.45, 7) is 5.27. The van der Waals surface area contributed by atoms with Crippen molar-refractivity contribution in [3.63, 3.8) is 0 Å². The maximum atomic E-state index is 15.1. The van der Waals surface area contributed by atoms with Crippen LogP contribution in [0.3, 0.4) is 0 Å². The minimum absolute atomic E-state index is 0.0541. The number of nitriles is 1. The molecule has 172 valence electrons. The van der Waals surface area contributed by atoms with Gasteiger partial charge in [0.2, 0.25) is 5.43 Å². The molecule has 0 bridgehead atoms. The molecular formula is C24H22F4N4O. The Labute approximate surface area is 187 Å². The maximum absolute atomic E-state index is 15.1. The van der Waals surface area contributed by atoms with Crippen molar-refractivity contribution in [1.29, 1.82) is 5.26 Å². The number of nitrogens with zero attached hydrogens (tertiary/aromatic N) is 3. The Bertz CT molecular complexity index is 1280. The highest BCUT2D eigenvalue weighted by molar-refractivity contribution is 5.84. The van der Waals surface area contributed by atoms with Crippen LogP contribution in [0.5, 0.6) is 0 Å². The molecule has 1 saturated heterocycles. The number of halogens is 4. The van der Waals surface area contributed by atoms with E-state index in [0.29, 0.717) is 29.9 Å². The summed E-state index contributed by atoms with van der Waals surface area (Å²) in [6, 6.07) is 9.51. The fraction of sp³-hybridized carbons (Fsp3) is 0.333. The number of hydrogen-bond donors (Lipinski definition) is 1. The van der Waals surface area contributed by atoms with Crippen LogP contribution in [0.1, 0.15) is 30.5 Å². The zero-order valence-electron chi connectivity index (χ0n) is 18.1. The van der Waals surface area contributed by atoms with Crippen LogP contribution in [-0.4, -0.2) is 29.7 Å². The number of hydrogen-bond acceptors (Lipinski definition) is 4. The summed E-state index contributed by atoms with van der Waals surface area (Å²) >= 11 is 0. The molecule has 4 rings (SSSR count). The van der Waals surface area contributed by atoms with Gasteiger partial charge in [-0.25, -0.2) is 4.39 Å². The molecular weight excluding hydrogens is 436 g/mol. The maximum Gasteiger partial charge on any atom is 0.416 e. The van der Waals surface area contributed by atoms with Gasteiger partial charge in [0.25, 0.3) is 0 Å². The Kier molecular flexibility index (Phi) is 5.89. The van der Waals surface area contributed by atoms with Crippen molar-refractivity contribution < 1.29 is 17.6 Å². The molecule has 0 aliphatic carbocycles. The molecule has 1 aliphatic heterocycles. The zero-order chi connectivity index (χ0) is 23.9. The van der Waals surface area contributed by atoms with Crippen LogP contribution in [0, 0.1) is 17.1 Å². The molecule has 1 N–H and O–H groups in total. The predicted molar refractivity (Wildman–Crippen MR) is 118 cm³/mol. The van der Waals surface area contributed by atoms with Crippen LogP contribution in [-0.2, 0) is 12.7 Å². The topological polar surface area (TPSA) is 61.1 Å². The lowest BCUT2D eigenvalue weighted by molar-refractivity contribution is -0.137. The minimum atomic E-state index is -4.44. The van der Waals surface area contributed by atoms with Crippen LogP contribution in [0.15, 0.2) is 47.4 Å². The second kappa shape index (κ2) is 8.52. The molecule has 0 amide bonds. The summed E-state index contributed by atoms with van der Waals surface area (Å²) in [5, 5.41) is 12.8. The van der Waals surface area contributed by atoms with E-state index in [9.17, 15) is 23.2 Å². The SMILES string of the molecule is C[C@@H]1CN(c2cc3c(cc2F)c(=O)c(C#N)cn3Cc2ccc(C(F)(F)F)cc2)C[C@H](C)N1. The lowest BCUT2D eigenvalue weighted by Crippen LogP contribution is -2.54. The average Bonchev–Trinajstić information content (AvgIpc) is 2.74. The van der Waals surface area contributed by atoms with Gasteiger partial charge in [-0.2, -0.15) is 18.4 Å². The van der Waals surface area contributed by atoms with Crippen molar-refractivity contribution in [2.75, 3.05) is 18.0 Å². The van der Waals surface area contributed by atoms with E-state index in [4.69, 9.17) is 0 Å². The lowest BCUT2D eigenvalue weighted by atomic mass is 10.1. The highest BCUT2D eigenvalue weighted by Crippen LogP contribution is 2.30. The highest BCUT2D eigenvalue weighted by Gasteiger charge is 2.30. The number of fused-ring (bicyclic) bond motifs is 1. The second-order valence-electron chi connectivity index (χ2n) is 8.50. The molecule has 9 heteroatoms. The van der Waals surface area contributed by atoms with Crippen LogP contribution in [0.2, 0.25) is 0 Å². The molecule has 1 aliphatic rings. The van der Waals surface area contributed by atoms with Gasteiger partial charge >= 0.3 is 6.18 Å². The summed E-state index contributed by atoms with van der Waals surface area (Å²) in [5.41, 5.74) is -0.205. The number of alkyl halides is 3. The molecule has 1 aromatic heterocycles. The standard InChI is InChI=1S/C24H22F4N4O/c1-14-10-31(11-15(2)30-14)22-8-21-19(7-20(22)25)23(33)17(9-29)13-32(21)12-16-3-5-18(6-4-16)24(26,27)28/h3-8,13-15,30H,10-12H2,1-2H3/t14-,15+. The number of pyridine rings is 1. The van der Waals surface area contributed by atoms with Gasteiger partial charge < -0.3 is 14.8 Å². The van der Waals surface area contributed by atoms with Gasteiger partial charge in [0.1, 0.15) is 17.4 Å². The van der Waals surface area contributed by atoms with Crippen LogP contribution < -0.4 is 15.6 Å². The Morgan fingerprint density at radius 1 is 1.12 bits per heavy atom. The van der Waals surface area contributed by atoms with Gasteiger partial charge in [-0.1, -0.05) is 12.1 Å². The average molecular weight is 458 g/mol. The van der Waals surface area contributed by atoms with E-state index in [1.807, 2.05) is 24.8 Å². The molecule has 0 unspecified atom stereocenters. The molecule has 3 aromatic rings. The molecule has 2 heterocycles. The van der Waals surface area contributed by atoms with Gasteiger partial charge in [-0.05, 0) is 43.7 Å². The van der Waals surface area contributed by atoms with Crippen LogP contribution in [0.4, 0.5) is 23.2 Å². The molecule has 0 saturated carbocycles. The quantitative estimate of drug-likeness (QED) is 0.596. The van der Waals surface area contributed by atoms with Crippen molar-refractivity contribution in [3.8, 4) is 6.07 Å². The number of benzene rings is 2. The number of piperazine rings is 1. The monoisotopic (exact) mass is 458 g/mol. The zero-order valence-corrected chi connectivity index (χ0v) is 18.1. The summed E-state index contributed by atoms with van der Waals surface area (Å²) < 4.78 is 55.4. The lowest BCUT2D eigenvalue weighted by Gasteiger charge is -2.38. The summed E-state index contributed by atoms with van der Waals surface area (Å²) in [5.74, 6) is -0.558. The molecule has 0 radical (unpaired) electrons. The third kappa shape index (κ3) is 4.57. The smallest absolute Gasteiger partial charge is 0.366 e. The molecule has 2 atom stereocenters. The van der Waals surface area contributed by atoms with E-state index >= 15 is 4.39 Å². The van der Waals surface area contributed by atoms with Crippen molar-refractivity contribution in [2.45, 2.75) is 38.7 Å². The predicted octanol–water partition coefficient (Wildman–Crippen LogP) is 4.27. The van der Waals surface area contributed by atoms with Gasteiger partial charge in [0.05, 0.1) is 22.2 Å². The molecule has 0 spiro atoms. The first-order valence-corrected chi connectivity index (χ1v) is 10.5. The van der Waals surface area contributed by atoms with E-state index < -0.39 is 23.0 Å². The van der Waals surface area contributed by atoms with Gasteiger partial charge in [-0.15, -0.1) is 0 Å².